The smallest absolute Gasteiger partial charge is 0.308 e. The molecule has 6 rings (SSSR count). The van der Waals surface area contributed by atoms with Crippen LogP contribution in [0.1, 0.15) is 16.4 Å². The first-order valence-electron chi connectivity index (χ1n) is 13.1. The summed E-state index contributed by atoms with van der Waals surface area (Å²) < 4.78 is 15.0. The molecule has 0 saturated carbocycles. The number of hydrogen-bond acceptors (Lipinski definition) is 7. The van der Waals surface area contributed by atoms with E-state index >= 15 is 0 Å². The quantitative estimate of drug-likeness (QED) is 0.262. The fourth-order valence-corrected chi connectivity index (χ4v) is 8.43. The van der Waals surface area contributed by atoms with Crippen molar-refractivity contribution in [2.24, 2.45) is 5.92 Å². The Morgan fingerprint density at radius 2 is 1.65 bits per heavy atom. The molecule has 3 aromatic carbocycles. The number of benzene rings is 3. The summed E-state index contributed by atoms with van der Waals surface area (Å²) in [4.78, 5) is 57.4. The lowest BCUT2D eigenvalue weighted by molar-refractivity contribution is -0.122. The Bertz CT molecular complexity index is 1830. The average molecular weight is 658 g/mol. The normalized spacial score (nSPS) is 19.3. The van der Waals surface area contributed by atoms with Crippen molar-refractivity contribution in [2.75, 3.05) is 29.2 Å². The zero-order valence-corrected chi connectivity index (χ0v) is 25.9. The third-order valence-electron chi connectivity index (χ3n) is 7.41. The molecule has 3 heterocycles. The highest BCUT2D eigenvalue weighted by molar-refractivity contribution is 8.00. The summed E-state index contributed by atoms with van der Waals surface area (Å²) in [5, 5.41) is 2.93. The van der Waals surface area contributed by atoms with Gasteiger partial charge >= 0.3 is 4.87 Å². The zero-order valence-electron chi connectivity index (χ0n) is 22.7. The topological polar surface area (TPSA) is 91.7 Å². The number of carbonyl (C=O) groups is 3. The van der Waals surface area contributed by atoms with E-state index in [4.69, 9.17) is 23.2 Å². The van der Waals surface area contributed by atoms with Gasteiger partial charge in [0.2, 0.25) is 17.7 Å². The number of halogens is 3. The first-order valence-corrected chi connectivity index (χ1v) is 15.5. The van der Waals surface area contributed by atoms with Gasteiger partial charge in [0.25, 0.3) is 0 Å². The first kappa shape index (κ1) is 29.4. The summed E-state index contributed by atoms with van der Waals surface area (Å²) in [5.41, 5.74) is 2.39. The number of nitrogens with zero attached hydrogens (tertiary/aromatic N) is 3. The maximum absolute atomic E-state index is 14.0. The number of imide groups is 1. The van der Waals surface area contributed by atoms with Crippen molar-refractivity contribution in [3.05, 3.63) is 103 Å². The van der Waals surface area contributed by atoms with Gasteiger partial charge < -0.3 is 10.2 Å². The highest BCUT2D eigenvalue weighted by Crippen LogP contribution is 2.54. The molecule has 1 fully saturated rings. The van der Waals surface area contributed by atoms with Crippen LogP contribution in [0.25, 0.3) is 0 Å². The lowest BCUT2D eigenvalue weighted by atomic mass is 9.83. The van der Waals surface area contributed by atoms with Crippen LogP contribution in [0.5, 0.6) is 0 Å². The molecule has 3 atom stereocenters. The standard InChI is InChI=1S/C30H23Cl2FN4O4S2/c1-35(2)18-8-3-15(4-9-18)23-24-25(28(40)37(27(24)39)19-10-5-16(33)6-11-19)42-29-26(23)43-30(41)36(29)14-22(38)34-17-7-12-20(31)21(32)13-17/h3-13,23-25H,14H2,1-2H3,(H,34,38). The Balaban J connectivity index is 1.40. The molecule has 0 radical (unpaired) electrons. The Morgan fingerprint density at radius 3 is 2.30 bits per heavy atom. The van der Waals surface area contributed by atoms with Crippen LogP contribution in [-0.2, 0) is 20.9 Å². The highest BCUT2D eigenvalue weighted by atomic mass is 35.5. The summed E-state index contributed by atoms with van der Waals surface area (Å²) in [6.45, 7) is -0.314. The Labute approximate surface area is 264 Å². The number of hydrogen-bond donors (Lipinski definition) is 1. The molecule has 0 bridgehead atoms. The molecule has 0 aliphatic carbocycles. The van der Waals surface area contributed by atoms with Crippen LogP contribution in [0.2, 0.25) is 10.0 Å². The van der Waals surface area contributed by atoms with E-state index in [-0.39, 0.29) is 22.1 Å². The van der Waals surface area contributed by atoms with Crippen LogP contribution in [0, 0.1) is 11.7 Å². The van der Waals surface area contributed by atoms with E-state index < -0.39 is 40.6 Å². The summed E-state index contributed by atoms with van der Waals surface area (Å²) in [5.74, 6) is -3.27. The van der Waals surface area contributed by atoms with Crippen molar-refractivity contribution < 1.29 is 18.8 Å². The second-order valence-electron chi connectivity index (χ2n) is 10.3. The van der Waals surface area contributed by atoms with Gasteiger partial charge in [-0.3, -0.25) is 23.7 Å². The van der Waals surface area contributed by atoms with E-state index in [0.29, 0.717) is 20.6 Å². The lowest BCUT2D eigenvalue weighted by Crippen LogP contribution is -2.33. The number of thioether (sulfide) groups is 1. The number of anilines is 3. The van der Waals surface area contributed by atoms with Gasteiger partial charge in [0.15, 0.2) is 0 Å². The SMILES string of the molecule is CN(C)c1ccc(C2c3sc(=O)n(CC(=O)Nc4ccc(Cl)c(Cl)c4)c3SC3C(=O)N(c4ccc(F)cc4)C(=O)C32)cc1. The molecule has 13 heteroatoms. The number of thiazole rings is 1. The fourth-order valence-electron chi connectivity index (χ4n) is 5.36. The van der Waals surface area contributed by atoms with Crippen molar-refractivity contribution in [3.63, 3.8) is 0 Å². The predicted octanol–water partition coefficient (Wildman–Crippen LogP) is 5.86. The van der Waals surface area contributed by atoms with Gasteiger partial charge in [0, 0.05) is 36.3 Å². The van der Waals surface area contributed by atoms with Crippen LogP contribution < -0.4 is 20.0 Å². The van der Waals surface area contributed by atoms with Crippen molar-refractivity contribution in [1.82, 2.24) is 4.57 Å². The highest BCUT2D eigenvalue weighted by Gasteiger charge is 2.56. The van der Waals surface area contributed by atoms with E-state index in [1.165, 1.54) is 34.9 Å². The Hall–Kier alpha value is -3.64. The molecule has 3 unspecified atom stereocenters. The molecular weight excluding hydrogens is 634 g/mol. The second kappa shape index (κ2) is 11.5. The van der Waals surface area contributed by atoms with Crippen LogP contribution in [0.4, 0.5) is 21.5 Å². The molecule has 1 saturated heterocycles. The molecule has 43 heavy (non-hydrogen) atoms. The minimum absolute atomic E-state index is 0.268. The third-order valence-corrected chi connectivity index (χ3v) is 10.8. The van der Waals surface area contributed by atoms with Gasteiger partial charge in [-0.05, 0) is 60.2 Å². The number of nitrogens with one attached hydrogen (secondary N) is 1. The maximum atomic E-state index is 14.0. The van der Waals surface area contributed by atoms with E-state index in [1.54, 1.807) is 12.1 Å². The summed E-state index contributed by atoms with van der Waals surface area (Å²) in [7, 11) is 3.82. The van der Waals surface area contributed by atoms with Crippen LogP contribution in [-0.4, -0.2) is 41.6 Å². The van der Waals surface area contributed by atoms with Gasteiger partial charge in [0.05, 0.1) is 26.7 Å². The van der Waals surface area contributed by atoms with E-state index in [9.17, 15) is 23.6 Å². The summed E-state index contributed by atoms with van der Waals surface area (Å²) >= 11 is 14.1. The van der Waals surface area contributed by atoms with Gasteiger partial charge in [-0.2, -0.15) is 0 Å². The van der Waals surface area contributed by atoms with Crippen LogP contribution >= 0.6 is 46.3 Å². The van der Waals surface area contributed by atoms with Gasteiger partial charge in [0.1, 0.15) is 17.6 Å². The minimum Gasteiger partial charge on any atom is -0.378 e. The molecule has 220 valence electrons. The molecule has 0 spiro atoms. The molecule has 2 aliphatic rings. The zero-order chi connectivity index (χ0) is 30.6. The molecule has 2 aliphatic heterocycles. The average Bonchev–Trinajstić information content (AvgIpc) is 3.41. The van der Waals surface area contributed by atoms with Gasteiger partial charge in [-0.25, -0.2) is 9.29 Å². The molecule has 1 aromatic heterocycles. The van der Waals surface area contributed by atoms with Crippen molar-refractivity contribution in [1.29, 1.82) is 0 Å². The Kier molecular flexibility index (Phi) is 7.84. The second-order valence-corrected chi connectivity index (χ2v) is 13.3. The Morgan fingerprint density at radius 1 is 0.953 bits per heavy atom. The first-order chi connectivity index (χ1) is 20.5. The molecule has 8 nitrogen and oxygen atoms in total. The van der Waals surface area contributed by atoms with Crippen LogP contribution in [0.15, 0.2) is 76.6 Å². The lowest BCUT2D eigenvalue weighted by Gasteiger charge is -2.31. The maximum Gasteiger partial charge on any atom is 0.308 e. The van der Waals surface area contributed by atoms with Crippen LogP contribution in [0.3, 0.4) is 0 Å². The molecular formula is C30H23Cl2FN4O4S2. The van der Waals surface area contributed by atoms with E-state index in [1.807, 2.05) is 43.3 Å². The van der Waals surface area contributed by atoms with Crippen molar-refractivity contribution in [3.8, 4) is 0 Å². The third kappa shape index (κ3) is 5.35. The number of rotatable bonds is 6. The molecule has 4 aromatic rings. The minimum atomic E-state index is -0.859. The summed E-state index contributed by atoms with van der Waals surface area (Å²) in [6.07, 6.45) is 0. The molecule has 1 N–H and O–H groups in total. The fraction of sp³-hybridized carbons (Fsp3) is 0.200. The van der Waals surface area contributed by atoms with Gasteiger partial charge in [-0.15, -0.1) is 0 Å². The van der Waals surface area contributed by atoms with Gasteiger partial charge in [-0.1, -0.05) is 58.4 Å². The monoisotopic (exact) mass is 656 g/mol. The number of aromatic nitrogens is 1. The number of amides is 3. The van der Waals surface area contributed by atoms with E-state index in [2.05, 4.69) is 5.32 Å². The number of fused-ring (bicyclic) bond motifs is 2. The molecule has 3 amide bonds. The predicted molar refractivity (Wildman–Crippen MR) is 168 cm³/mol. The summed E-state index contributed by atoms with van der Waals surface area (Å²) in [6, 6.07) is 17.4. The van der Waals surface area contributed by atoms with E-state index in [0.717, 1.165) is 39.2 Å². The van der Waals surface area contributed by atoms with Crippen molar-refractivity contribution in [2.45, 2.75) is 22.7 Å². The largest absolute Gasteiger partial charge is 0.378 e. The van der Waals surface area contributed by atoms with Crippen molar-refractivity contribution >= 4 is 81.1 Å². The number of carbonyl (C=O) groups excluding carboxylic acids is 3.